The molecule has 1 aromatic heterocycles. The number of rotatable bonds is 5. The maximum Gasteiger partial charge on any atom is 0.251 e. The molecule has 0 aliphatic rings. The van der Waals surface area contributed by atoms with Crippen LogP contribution in [-0.2, 0) is 6.54 Å². The van der Waals surface area contributed by atoms with E-state index in [0.29, 0.717) is 17.8 Å². The van der Waals surface area contributed by atoms with Crippen molar-refractivity contribution in [1.29, 1.82) is 0 Å². The van der Waals surface area contributed by atoms with Gasteiger partial charge in [-0.3, -0.25) is 4.79 Å². The summed E-state index contributed by atoms with van der Waals surface area (Å²) in [5, 5.41) is 4.83. The molecule has 0 unspecified atom stereocenters. The Hall–Kier alpha value is -2.01. The average Bonchev–Trinajstić information content (AvgIpc) is 2.91. The molecule has 1 aromatic carbocycles. The Morgan fingerprint density at radius 3 is 2.80 bits per heavy atom. The van der Waals surface area contributed by atoms with Crippen molar-refractivity contribution < 1.29 is 4.79 Å². The quantitative estimate of drug-likeness (QED) is 0.832. The summed E-state index contributed by atoms with van der Waals surface area (Å²) in [6.07, 6.45) is 0. The number of hydrogen-bond acceptors (Lipinski definition) is 4. The predicted octanol–water partition coefficient (Wildman–Crippen LogP) is 2.72. The summed E-state index contributed by atoms with van der Waals surface area (Å²) in [5.41, 5.74) is 8.22. The van der Waals surface area contributed by atoms with Gasteiger partial charge in [-0.2, -0.15) is 0 Å². The van der Waals surface area contributed by atoms with Gasteiger partial charge in [0.1, 0.15) is 0 Å². The van der Waals surface area contributed by atoms with Crippen LogP contribution in [0.1, 0.15) is 22.2 Å². The van der Waals surface area contributed by atoms with Gasteiger partial charge in [0.2, 0.25) is 0 Å². The molecule has 0 radical (unpaired) electrons. The van der Waals surface area contributed by atoms with E-state index < -0.39 is 0 Å². The van der Waals surface area contributed by atoms with Gasteiger partial charge in [0.15, 0.2) is 0 Å². The number of nitrogens with two attached hydrogens (primary N) is 1. The zero-order valence-corrected chi connectivity index (χ0v) is 12.5. The van der Waals surface area contributed by atoms with Crippen molar-refractivity contribution in [3.05, 3.63) is 46.2 Å². The zero-order chi connectivity index (χ0) is 14.5. The molecular weight excluding hydrogens is 270 g/mol. The van der Waals surface area contributed by atoms with Gasteiger partial charge in [0.25, 0.3) is 5.91 Å². The molecule has 106 valence electrons. The van der Waals surface area contributed by atoms with Crippen LogP contribution in [0.25, 0.3) is 0 Å². The summed E-state index contributed by atoms with van der Waals surface area (Å²) in [6.45, 7) is 3.31. The molecule has 0 fully saturated rings. The lowest BCUT2D eigenvalue weighted by Crippen LogP contribution is -2.23. The van der Waals surface area contributed by atoms with Crippen LogP contribution in [0.3, 0.4) is 0 Å². The van der Waals surface area contributed by atoms with Gasteiger partial charge < -0.3 is 16.0 Å². The van der Waals surface area contributed by atoms with Crippen molar-refractivity contribution >= 4 is 28.6 Å². The first-order valence-electron chi connectivity index (χ1n) is 6.53. The van der Waals surface area contributed by atoms with E-state index in [4.69, 9.17) is 5.73 Å². The summed E-state index contributed by atoms with van der Waals surface area (Å²) in [7, 11) is 2.00. The minimum Gasteiger partial charge on any atom is -0.397 e. The molecule has 20 heavy (non-hydrogen) atoms. The molecule has 2 aromatic rings. The fraction of sp³-hybridized carbons (Fsp3) is 0.267. The van der Waals surface area contributed by atoms with Crippen LogP contribution in [0.4, 0.5) is 11.4 Å². The lowest BCUT2D eigenvalue weighted by atomic mass is 10.1. The van der Waals surface area contributed by atoms with Crippen molar-refractivity contribution in [3.8, 4) is 0 Å². The van der Waals surface area contributed by atoms with Crippen LogP contribution in [0.5, 0.6) is 0 Å². The molecule has 0 aliphatic heterocycles. The van der Waals surface area contributed by atoms with Crippen molar-refractivity contribution in [1.82, 2.24) is 5.32 Å². The van der Waals surface area contributed by atoms with Gasteiger partial charge >= 0.3 is 0 Å². The van der Waals surface area contributed by atoms with Gasteiger partial charge in [0, 0.05) is 24.0 Å². The van der Waals surface area contributed by atoms with E-state index in [1.165, 1.54) is 4.88 Å². The molecule has 0 atom stereocenters. The van der Waals surface area contributed by atoms with Crippen molar-refractivity contribution in [2.24, 2.45) is 0 Å². The number of carbonyl (C=O) groups excluding carboxylic acids is 1. The highest BCUT2D eigenvalue weighted by Gasteiger charge is 2.10. The van der Waals surface area contributed by atoms with Gasteiger partial charge in [-0.05, 0) is 36.6 Å². The summed E-state index contributed by atoms with van der Waals surface area (Å²) < 4.78 is 0. The number of benzene rings is 1. The van der Waals surface area contributed by atoms with Gasteiger partial charge in [0.05, 0.1) is 17.9 Å². The number of amides is 1. The number of nitrogens with one attached hydrogen (secondary N) is 1. The van der Waals surface area contributed by atoms with Gasteiger partial charge in [-0.15, -0.1) is 11.3 Å². The van der Waals surface area contributed by atoms with Gasteiger partial charge in [-0.1, -0.05) is 6.07 Å². The summed E-state index contributed by atoms with van der Waals surface area (Å²) >= 11 is 1.72. The summed E-state index contributed by atoms with van der Waals surface area (Å²) in [6, 6.07) is 9.57. The van der Waals surface area contributed by atoms with E-state index in [1.807, 2.05) is 32.2 Å². The Labute approximate surface area is 123 Å². The van der Waals surface area contributed by atoms with E-state index in [0.717, 1.165) is 12.2 Å². The van der Waals surface area contributed by atoms with Crippen LogP contribution >= 0.6 is 11.3 Å². The second-order valence-electron chi connectivity index (χ2n) is 4.57. The van der Waals surface area contributed by atoms with E-state index >= 15 is 0 Å². The third kappa shape index (κ3) is 3.30. The number of hydrogen-bond donors (Lipinski definition) is 2. The fourth-order valence-corrected chi connectivity index (χ4v) is 2.78. The maximum absolute atomic E-state index is 11.8. The Kier molecular flexibility index (Phi) is 4.63. The molecule has 0 saturated heterocycles. The van der Waals surface area contributed by atoms with E-state index in [1.54, 1.807) is 17.4 Å². The maximum atomic E-state index is 11.8. The molecule has 1 heterocycles. The highest BCUT2D eigenvalue weighted by Crippen LogP contribution is 2.25. The van der Waals surface area contributed by atoms with E-state index in [-0.39, 0.29) is 5.91 Å². The van der Waals surface area contributed by atoms with Crippen LogP contribution in [0.2, 0.25) is 0 Å². The lowest BCUT2D eigenvalue weighted by Gasteiger charge is -2.20. The fourth-order valence-electron chi connectivity index (χ4n) is 2.03. The Balaban J connectivity index is 2.14. The van der Waals surface area contributed by atoms with E-state index in [9.17, 15) is 4.79 Å². The molecule has 2 rings (SSSR count). The molecule has 3 N–H and O–H groups in total. The minimum absolute atomic E-state index is 0.0911. The number of carbonyl (C=O) groups is 1. The molecule has 0 saturated carbocycles. The third-order valence-electron chi connectivity index (χ3n) is 3.01. The number of nitrogen functional groups attached to an aromatic ring is 1. The van der Waals surface area contributed by atoms with Crippen LogP contribution in [0.15, 0.2) is 35.7 Å². The second kappa shape index (κ2) is 6.43. The predicted molar refractivity (Wildman–Crippen MR) is 85.3 cm³/mol. The molecule has 0 bridgehead atoms. The number of thiophene rings is 1. The lowest BCUT2D eigenvalue weighted by molar-refractivity contribution is 0.0956. The van der Waals surface area contributed by atoms with Gasteiger partial charge in [-0.25, -0.2) is 0 Å². The highest BCUT2D eigenvalue weighted by molar-refractivity contribution is 7.09. The largest absolute Gasteiger partial charge is 0.397 e. The molecule has 0 spiro atoms. The first-order chi connectivity index (χ1) is 9.61. The molecular formula is C15H19N3OS. The third-order valence-corrected chi connectivity index (χ3v) is 3.87. The zero-order valence-electron chi connectivity index (χ0n) is 11.7. The monoisotopic (exact) mass is 289 g/mol. The summed E-state index contributed by atoms with van der Waals surface area (Å²) in [5.74, 6) is -0.0911. The van der Waals surface area contributed by atoms with Crippen molar-refractivity contribution in [3.63, 3.8) is 0 Å². The van der Waals surface area contributed by atoms with E-state index in [2.05, 4.69) is 21.7 Å². The van der Waals surface area contributed by atoms with Crippen molar-refractivity contribution in [2.45, 2.75) is 13.5 Å². The second-order valence-corrected chi connectivity index (χ2v) is 5.60. The highest BCUT2D eigenvalue weighted by atomic mass is 32.1. The first kappa shape index (κ1) is 14.4. The molecule has 5 heteroatoms. The summed E-state index contributed by atoms with van der Waals surface area (Å²) in [4.78, 5) is 15.1. The molecule has 0 aliphatic carbocycles. The normalized spacial score (nSPS) is 10.3. The topological polar surface area (TPSA) is 58.4 Å². The van der Waals surface area contributed by atoms with Crippen molar-refractivity contribution in [2.75, 3.05) is 24.2 Å². The first-order valence-corrected chi connectivity index (χ1v) is 7.41. The SMILES string of the molecule is CCNC(=O)c1ccc(N(C)Cc2cccs2)c(N)c1. The standard InChI is InChI=1S/C15H19N3OS/c1-3-17-15(19)11-6-7-14(13(16)9-11)18(2)10-12-5-4-8-20-12/h4-9H,3,10,16H2,1-2H3,(H,17,19). The molecule has 4 nitrogen and oxygen atoms in total. The van der Waals surface area contributed by atoms with Crippen LogP contribution in [0, 0.1) is 0 Å². The average molecular weight is 289 g/mol. The smallest absolute Gasteiger partial charge is 0.251 e. The van der Waals surface area contributed by atoms with Crippen LogP contribution in [-0.4, -0.2) is 19.5 Å². The minimum atomic E-state index is -0.0911. The number of nitrogens with zero attached hydrogens (tertiary/aromatic N) is 1. The Morgan fingerprint density at radius 1 is 1.40 bits per heavy atom. The Morgan fingerprint density at radius 2 is 2.20 bits per heavy atom. The molecule has 1 amide bonds. The van der Waals surface area contributed by atoms with Crippen LogP contribution < -0.4 is 16.0 Å². The Bertz CT molecular complexity index is 581. The number of anilines is 2.